The molecule has 5 heterocycles. The molecular formula is C26H25F3N8. The Kier molecular flexibility index (Phi) is 6.07. The highest BCUT2D eigenvalue weighted by Gasteiger charge is 2.31. The van der Waals surface area contributed by atoms with Gasteiger partial charge in [0.05, 0.1) is 17.3 Å². The third-order valence-corrected chi connectivity index (χ3v) is 6.94. The number of hydrogen-bond acceptors (Lipinski definition) is 8. The van der Waals surface area contributed by atoms with E-state index in [-0.39, 0.29) is 5.82 Å². The van der Waals surface area contributed by atoms with E-state index in [0.29, 0.717) is 23.1 Å². The molecule has 4 aromatic rings. The van der Waals surface area contributed by atoms with Crippen LogP contribution in [0.3, 0.4) is 0 Å². The summed E-state index contributed by atoms with van der Waals surface area (Å²) in [7, 11) is 0. The summed E-state index contributed by atoms with van der Waals surface area (Å²) in [5.41, 5.74) is 1.90. The van der Waals surface area contributed by atoms with Gasteiger partial charge in [-0.05, 0) is 48.6 Å². The molecule has 1 aliphatic carbocycles. The molecule has 0 amide bonds. The molecule has 0 unspecified atom stereocenters. The van der Waals surface area contributed by atoms with E-state index in [9.17, 15) is 13.2 Å². The van der Waals surface area contributed by atoms with Crippen LogP contribution in [0.15, 0.2) is 49.1 Å². The van der Waals surface area contributed by atoms with Gasteiger partial charge in [-0.2, -0.15) is 13.2 Å². The first-order chi connectivity index (χ1) is 18.0. The van der Waals surface area contributed by atoms with Crippen LogP contribution in [0.4, 0.5) is 30.6 Å². The number of rotatable bonds is 5. The molecule has 8 nitrogen and oxygen atoms in total. The van der Waals surface area contributed by atoms with Crippen molar-refractivity contribution in [3.8, 4) is 11.4 Å². The average molecular weight is 507 g/mol. The van der Waals surface area contributed by atoms with Crippen molar-refractivity contribution < 1.29 is 13.2 Å². The fraction of sp³-hybridized carbons (Fsp3) is 0.346. The average Bonchev–Trinajstić information content (AvgIpc) is 2.87. The Morgan fingerprint density at radius 2 is 1.70 bits per heavy atom. The number of hydrogen-bond donors (Lipinski definition) is 2. The van der Waals surface area contributed by atoms with Crippen molar-refractivity contribution in [3.05, 3.63) is 60.2 Å². The number of halogens is 3. The maximum absolute atomic E-state index is 13.1. The van der Waals surface area contributed by atoms with Crippen LogP contribution in [0.2, 0.25) is 0 Å². The fourth-order valence-electron chi connectivity index (χ4n) is 4.80. The monoisotopic (exact) mass is 506 g/mol. The maximum Gasteiger partial charge on any atom is 0.416 e. The highest BCUT2D eigenvalue weighted by Crippen LogP contribution is 2.42. The SMILES string of the molecule is FC(F)(F)c1ccnc(Nc2cc(-c3nc(N4CCNCC4)c4c(C5CCC5)cncc4n3)ccn2)c1. The number of nitrogens with zero attached hydrogens (tertiary/aromatic N) is 6. The summed E-state index contributed by atoms with van der Waals surface area (Å²) in [5.74, 6) is 2.28. The van der Waals surface area contributed by atoms with Crippen molar-refractivity contribution in [1.29, 1.82) is 0 Å². The van der Waals surface area contributed by atoms with E-state index >= 15 is 0 Å². The molecule has 0 radical (unpaired) electrons. The number of anilines is 3. The number of nitrogens with one attached hydrogen (secondary N) is 2. The van der Waals surface area contributed by atoms with Crippen LogP contribution in [0.1, 0.15) is 36.3 Å². The predicted molar refractivity (Wildman–Crippen MR) is 135 cm³/mol. The lowest BCUT2D eigenvalue weighted by Gasteiger charge is -2.32. The van der Waals surface area contributed by atoms with Gasteiger partial charge in [-0.3, -0.25) is 4.98 Å². The molecule has 0 spiro atoms. The first kappa shape index (κ1) is 23.5. The van der Waals surface area contributed by atoms with Crippen LogP contribution in [-0.2, 0) is 6.18 Å². The van der Waals surface area contributed by atoms with E-state index in [1.165, 1.54) is 12.0 Å². The number of aromatic nitrogens is 5. The summed E-state index contributed by atoms with van der Waals surface area (Å²) in [6.07, 6.45) is 5.48. The highest BCUT2D eigenvalue weighted by molar-refractivity contribution is 5.94. The summed E-state index contributed by atoms with van der Waals surface area (Å²) in [6, 6.07) is 5.39. The molecule has 1 aliphatic heterocycles. The topological polar surface area (TPSA) is 91.8 Å². The molecule has 4 aromatic heterocycles. The van der Waals surface area contributed by atoms with E-state index in [1.807, 2.05) is 6.20 Å². The van der Waals surface area contributed by atoms with Gasteiger partial charge in [0.2, 0.25) is 0 Å². The zero-order valence-corrected chi connectivity index (χ0v) is 20.0. The first-order valence-electron chi connectivity index (χ1n) is 12.3. The first-order valence-corrected chi connectivity index (χ1v) is 12.3. The lowest BCUT2D eigenvalue weighted by Crippen LogP contribution is -2.44. The maximum atomic E-state index is 13.1. The molecule has 0 aromatic carbocycles. The summed E-state index contributed by atoms with van der Waals surface area (Å²) >= 11 is 0. The van der Waals surface area contributed by atoms with E-state index in [1.54, 1.807) is 24.5 Å². The third-order valence-electron chi connectivity index (χ3n) is 6.94. The van der Waals surface area contributed by atoms with Gasteiger partial charge in [0.1, 0.15) is 17.5 Å². The number of alkyl halides is 3. The molecule has 0 atom stereocenters. The zero-order chi connectivity index (χ0) is 25.4. The molecule has 2 fully saturated rings. The largest absolute Gasteiger partial charge is 0.416 e. The second-order valence-electron chi connectivity index (χ2n) is 9.34. The van der Waals surface area contributed by atoms with Crippen LogP contribution in [-0.4, -0.2) is 51.1 Å². The van der Waals surface area contributed by atoms with Gasteiger partial charge in [-0.1, -0.05) is 6.42 Å². The van der Waals surface area contributed by atoms with Crippen molar-refractivity contribution in [1.82, 2.24) is 30.2 Å². The Morgan fingerprint density at radius 3 is 2.43 bits per heavy atom. The van der Waals surface area contributed by atoms with Crippen molar-refractivity contribution in [2.75, 3.05) is 36.4 Å². The molecular weight excluding hydrogens is 481 g/mol. The smallest absolute Gasteiger partial charge is 0.353 e. The fourth-order valence-corrected chi connectivity index (χ4v) is 4.80. The minimum atomic E-state index is -4.46. The normalized spacial score (nSPS) is 16.6. The minimum absolute atomic E-state index is 0.0507. The molecule has 2 aliphatic rings. The molecule has 1 saturated heterocycles. The molecule has 6 rings (SSSR count). The highest BCUT2D eigenvalue weighted by atomic mass is 19.4. The quantitative estimate of drug-likeness (QED) is 0.394. The number of piperazine rings is 1. The molecule has 2 N–H and O–H groups in total. The molecule has 0 bridgehead atoms. The van der Waals surface area contributed by atoms with Gasteiger partial charge >= 0.3 is 6.18 Å². The summed E-state index contributed by atoms with van der Waals surface area (Å²) in [6.45, 7) is 3.42. The van der Waals surface area contributed by atoms with E-state index in [2.05, 4.69) is 30.5 Å². The van der Waals surface area contributed by atoms with Crippen LogP contribution in [0.25, 0.3) is 22.3 Å². The Labute approximate surface area is 211 Å². The van der Waals surface area contributed by atoms with Crippen molar-refractivity contribution in [3.63, 3.8) is 0 Å². The van der Waals surface area contributed by atoms with E-state index < -0.39 is 11.7 Å². The van der Waals surface area contributed by atoms with E-state index in [4.69, 9.17) is 9.97 Å². The Bertz CT molecular complexity index is 1430. The molecule has 190 valence electrons. The molecule has 37 heavy (non-hydrogen) atoms. The van der Waals surface area contributed by atoms with Gasteiger partial charge in [-0.25, -0.2) is 19.9 Å². The summed E-state index contributed by atoms with van der Waals surface area (Å²) in [4.78, 5) is 24.9. The van der Waals surface area contributed by atoms with Gasteiger partial charge in [0.25, 0.3) is 0 Å². The van der Waals surface area contributed by atoms with Crippen molar-refractivity contribution in [2.24, 2.45) is 0 Å². The summed E-state index contributed by atoms with van der Waals surface area (Å²) < 4.78 is 39.3. The summed E-state index contributed by atoms with van der Waals surface area (Å²) in [5, 5.41) is 7.33. The lowest BCUT2D eigenvalue weighted by molar-refractivity contribution is -0.137. The predicted octanol–water partition coefficient (Wildman–Crippen LogP) is 4.92. The van der Waals surface area contributed by atoms with Gasteiger partial charge in [0.15, 0.2) is 5.82 Å². The number of pyridine rings is 3. The lowest BCUT2D eigenvalue weighted by atomic mass is 9.79. The minimum Gasteiger partial charge on any atom is -0.353 e. The van der Waals surface area contributed by atoms with E-state index in [0.717, 1.165) is 74.1 Å². The van der Waals surface area contributed by atoms with Crippen LogP contribution in [0.5, 0.6) is 0 Å². The Hall–Kier alpha value is -3.86. The Balaban J connectivity index is 1.40. The van der Waals surface area contributed by atoms with Gasteiger partial charge in [0, 0.05) is 55.7 Å². The van der Waals surface area contributed by atoms with Crippen molar-refractivity contribution in [2.45, 2.75) is 31.4 Å². The van der Waals surface area contributed by atoms with Gasteiger partial charge in [-0.15, -0.1) is 0 Å². The third kappa shape index (κ3) is 4.78. The second-order valence-corrected chi connectivity index (χ2v) is 9.34. The van der Waals surface area contributed by atoms with Crippen LogP contribution < -0.4 is 15.5 Å². The molecule has 1 saturated carbocycles. The van der Waals surface area contributed by atoms with Gasteiger partial charge < -0.3 is 15.5 Å². The Morgan fingerprint density at radius 1 is 0.946 bits per heavy atom. The zero-order valence-electron chi connectivity index (χ0n) is 20.0. The van der Waals surface area contributed by atoms with Crippen LogP contribution >= 0.6 is 0 Å². The number of fused-ring (bicyclic) bond motifs is 1. The second kappa shape index (κ2) is 9.55. The standard InChI is InChI=1S/C26H25F3N8/c27-26(28,29)18-5-7-33-22(13-18)35-21-12-17(4-6-32-21)24-34-20-15-31-14-19(16-2-1-3-16)23(20)25(36-24)37-10-8-30-9-11-37/h4-7,12-16,30H,1-3,8-11H2,(H,32,33,35). The van der Waals surface area contributed by atoms with Crippen LogP contribution in [0, 0.1) is 0 Å². The van der Waals surface area contributed by atoms with Crippen molar-refractivity contribution >= 4 is 28.4 Å². The molecule has 11 heteroatoms.